The number of carbonyl (C=O) groups is 1. The summed E-state index contributed by atoms with van der Waals surface area (Å²) in [5.41, 5.74) is 0.553. The normalized spacial score (nSPS) is 12.2. The predicted octanol–water partition coefficient (Wildman–Crippen LogP) is 2.72. The van der Waals surface area contributed by atoms with Crippen molar-refractivity contribution in [1.29, 1.82) is 0 Å². The number of aliphatic hydroxyl groups is 1. The average molecular weight is 243 g/mol. The highest BCUT2D eigenvalue weighted by Gasteiger charge is 2.16. The minimum atomic E-state index is -0.905. The fourth-order valence-electron chi connectivity index (χ4n) is 1.29. The molecule has 1 N–H and O–H groups in total. The van der Waals surface area contributed by atoms with Gasteiger partial charge in [0.25, 0.3) is 0 Å². The van der Waals surface area contributed by atoms with Crippen LogP contribution in [0, 0.1) is 0 Å². The van der Waals surface area contributed by atoms with Crippen LogP contribution in [0.4, 0.5) is 0 Å². The van der Waals surface area contributed by atoms with Crippen molar-refractivity contribution >= 4 is 17.6 Å². The van der Waals surface area contributed by atoms with Crippen molar-refractivity contribution in [2.45, 2.75) is 25.9 Å². The van der Waals surface area contributed by atoms with Gasteiger partial charge in [0, 0.05) is 5.02 Å². The Labute approximate surface area is 100.0 Å². The van der Waals surface area contributed by atoms with Crippen LogP contribution in [0.2, 0.25) is 5.02 Å². The van der Waals surface area contributed by atoms with Crippen LogP contribution in [0.3, 0.4) is 0 Å². The van der Waals surface area contributed by atoms with E-state index in [0.29, 0.717) is 17.2 Å². The first kappa shape index (κ1) is 13.0. The summed E-state index contributed by atoms with van der Waals surface area (Å²) < 4.78 is 4.88. The Bertz CT molecular complexity index is 352. The van der Waals surface area contributed by atoms with E-state index >= 15 is 0 Å². The van der Waals surface area contributed by atoms with Gasteiger partial charge in [0.05, 0.1) is 19.1 Å². The molecule has 0 saturated carbocycles. The summed E-state index contributed by atoms with van der Waals surface area (Å²) in [7, 11) is 0. The Balaban J connectivity index is 2.55. The van der Waals surface area contributed by atoms with E-state index in [1.54, 1.807) is 24.3 Å². The van der Waals surface area contributed by atoms with Gasteiger partial charge in [-0.15, -0.1) is 0 Å². The molecule has 1 atom stereocenters. The van der Waals surface area contributed by atoms with Gasteiger partial charge in [0.2, 0.25) is 0 Å². The number of esters is 1. The Morgan fingerprint density at radius 1 is 1.50 bits per heavy atom. The number of benzene rings is 1. The molecule has 0 heterocycles. The second-order valence-corrected chi connectivity index (χ2v) is 3.87. The van der Waals surface area contributed by atoms with Crippen LogP contribution in [0.25, 0.3) is 0 Å². The Hall–Kier alpha value is -1.06. The van der Waals surface area contributed by atoms with Gasteiger partial charge in [-0.25, -0.2) is 0 Å². The highest BCUT2D eigenvalue weighted by Crippen LogP contribution is 2.24. The number of hydrogen-bond acceptors (Lipinski definition) is 3. The third kappa shape index (κ3) is 3.83. The van der Waals surface area contributed by atoms with Gasteiger partial charge < -0.3 is 9.84 Å². The summed E-state index contributed by atoms with van der Waals surface area (Å²) >= 11 is 5.89. The number of halogens is 1. The molecule has 0 radical (unpaired) electrons. The van der Waals surface area contributed by atoms with Crippen LogP contribution in [0.1, 0.15) is 31.4 Å². The molecule has 0 aliphatic heterocycles. The number of hydrogen-bond donors (Lipinski definition) is 1. The van der Waals surface area contributed by atoms with Crippen LogP contribution < -0.4 is 0 Å². The molecule has 1 aromatic carbocycles. The zero-order valence-electron chi connectivity index (χ0n) is 9.15. The zero-order chi connectivity index (χ0) is 12.0. The number of ether oxygens (including phenoxy) is 1. The van der Waals surface area contributed by atoms with Crippen LogP contribution in [-0.4, -0.2) is 17.7 Å². The lowest BCUT2D eigenvalue weighted by Crippen LogP contribution is -2.11. The quantitative estimate of drug-likeness (QED) is 0.808. The number of rotatable bonds is 5. The summed E-state index contributed by atoms with van der Waals surface area (Å²) in [5, 5.41) is 10.2. The molecule has 0 aliphatic carbocycles. The van der Waals surface area contributed by atoms with Crippen LogP contribution in [0.5, 0.6) is 0 Å². The molecule has 0 aromatic heterocycles. The standard InChI is InChI=1S/C12H15ClO3/c1-2-7-16-12(15)8-11(14)9-5-3-4-6-10(9)13/h3-6,11,14H,2,7-8H2,1H3. The van der Waals surface area contributed by atoms with E-state index in [0.717, 1.165) is 6.42 Å². The molecule has 0 saturated heterocycles. The smallest absolute Gasteiger partial charge is 0.308 e. The van der Waals surface area contributed by atoms with Gasteiger partial charge in [-0.05, 0) is 18.1 Å². The molecule has 0 fully saturated rings. The first-order valence-electron chi connectivity index (χ1n) is 5.23. The maximum atomic E-state index is 11.3. The second-order valence-electron chi connectivity index (χ2n) is 3.46. The second kappa shape index (κ2) is 6.51. The molecule has 1 unspecified atom stereocenters. The van der Waals surface area contributed by atoms with Crippen molar-refractivity contribution in [2.75, 3.05) is 6.61 Å². The fraction of sp³-hybridized carbons (Fsp3) is 0.417. The molecule has 0 bridgehead atoms. The topological polar surface area (TPSA) is 46.5 Å². The third-order valence-corrected chi connectivity index (χ3v) is 2.44. The van der Waals surface area contributed by atoms with Crippen molar-refractivity contribution in [1.82, 2.24) is 0 Å². The highest BCUT2D eigenvalue weighted by molar-refractivity contribution is 6.31. The summed E-state index contributed by atoms with van der Waals surface area (Å²) in [6, 6.07) is 6.91. The molecular weight excluding hydrogens is 228 g/mol. The third-order valence-electron chi connectivity index (χ3n) is 2.09. The lowest BCUT2D eigenvalue weighted by atomic mass is 10.1. The van der Waals surface area contributed by atoms with Gasteiger partial charge >= 0.3 is 5.97 Å². The van der Waals surface area contributed by atoms with E-state index < -0.39 is 12.1 Å². The van der Waals surface area contributed by atoms with E-state index in [1.165, 1.54) is 0 Å². The van der Waals surface area contributed by atoms with Crippen LogP contribution in [0.15, 0.2) is 24.3 Å². The highest BCUT2D eigenvalue weighted by atomic mass is 35.5. The van der Waals surface area contributed by atoms with Gasteiger partial charge in [0.1, 0.15) is 0 Å². The Kier molecular flexibility index (Phi) is 5.29. The molecule has 1 rings (SSSR count). The van der Waals surface area contributed by atoms with Gasteiger partial charge in [0.15, 0.2) is 0 Å². The van der Waals surface area contributed by atoms with Gasteiger partial charge in [-0.1, -0.05) is 36.7 Å². The fourth-order valence-corrected chi connectivity index (χ4v) is 1.55. The zero-order valence-corrected chi connectivity index (χ0v) is 9.91. The molecule has 0 aliphatic rings. The monoisotopic (exact) mass is 242 g/mol. The van der Waals surface area contributed by atoms with Gasteiger partial charge in [-0.3, -0.25) is 4.79 Å². The van der Waals surface area contributed by atoms with E-state index in [2.05, 4.69) is 0 Å². The summed E-state index contributed by atoms with van der Waals surface area (Å²) in [6.07, 6.45) is -0.199. The lowest BCUT2D eigenvalue weighted by molar-refractivity contribution is -0.146. The maximum Gasteiger partial charge on any atom is 0.308 e. The van der Waals surface area contributed by atoms with E-state index in [9.17, 15) is 9.90 Å². The summed E-state index contributed by atoms with van der Waals surface area (Å²) in [5.74, 6) is -0.408. The van der Waals surface area contributed by atoms with Crippen LogP contribution in [-0.2, 0) is 9.53 Å². The number of aliphatic hydroxyl groups excluding tert-OH is 1. The molecule has 16 heavy (non-hydrogen) atoms. The van der Waals surface area contributed by atoms with E-state index in [1.807, 2.05) is 6.92 Å². The average Bonchev–Trinajstić information content (AvgIpc) is 2.26. The van der Waals surface area contributed by atoms with Gasteiger partial charge in [-0.2, -0.15) is 0 Å². The van der Waals surface area contributed by atoms with Crippen molar-refractivity contribution in [2.24, 2.45) is 0 Å². The SMILES string of the molecule is CCCOC(=O)CC(O)c1ccccc1Cl. The molecule has 0 spiro atoms. The Morgan fingerprint density at radius 3 is 2.81 bits per heavy atom. The molecule has 4 heteroatoms. The van der Waals surface area contributed by atoms with E-state index in [4.69, 9.17) is 16.3 Å². The number of carbonyl (C=O) groups excluding carboxylic acids is 1. The lowest BCUT2D eigenvalue weighted by Gasteiger charge is -2.11. The van der Waals surface area contributed by atoms with Crippen molar-refractivity contribution in [3.8, 4) is 0 Å². The van der Waals surface area contributed by atoms with Crippen molar-refractivity contribution in [3.63, 3.8) is 0 Å². The van der Waals surface area contributed by atoms with Crippen LogP contribution >= 0.6 is 11.6 Å². The minimum Gasteiger partial charge on any atom is -0.466 e. The first-order valence-corrected chi connectivity index (χ1v) is 5.61. The molecule has 1 aromatic rings. The summed E-state index contributed by atoms with van der Waals surface area (Å²) in [6.45, 7) is 2.30. The minimum absolute atomic E-state index is 0.0657. The maximum absolute atomic E-state index is 11.3. The predicted molar refractivity (Wildman–Crippen MR) is 62.3 cm³/mol. The Morgan fingerprint density at radius 2 is 2.19 bits per heavy atom. The van der Waals surface area contributed by atoms with Crippen molar-refractivity contribution in [3.05, 3.63) is 34.9 Å². The first-order chi connectivity index (χ1) is 7.65. The summed E-state index contributed by atoms with van der Waals surface area (Å²) in [4.78, 5) is 11.3. The molecule has 88 valence electrons. The molecular formula is C12H15ClO3. The molecule has 3 nitrogen and oxygen atoms in total. The van der Waals surface area contributed by atoms with E-state index in [-0.39, 0.29) is 6.42 Å². The largest absolute Gasteiger partial charge is 0.466 e. The van der Waals surface area contributed by atoms with Crippen molar-refractivity contribution < 1.29 is 14.6 Å². The molecule has 0 amide bonds.